The number of halogens is 2. The Morgan fingerprint density at radius 2 is 1.91 bits per heavy atom. The Labute approximate surface area is 182 Å². The van der Waals surface area contributed by atoms with Crippen LogP contribution in [-0.4, -0.2) is 24.3 Å². The summed E-state index contributed by atoms with van der Waals surface area (Å²) in [5.41, 5.74) is 10.2. The third kappa shape index (κ3) is 3.02. The summed E-state index contributed by atoms with van der Waals surface area (Å²) in [6.45, 7) is 2.19. The summed E-state index contributed by atoms with van der Waals surface area (Å²) in [5.74, 6) is -0.333. The molecule has 0 unspecified atom stereocenters. The molecule has 0 atom stereocenters. The molecule has 1 fully saturated rings. The number of rotatable bonds is 4. The number of anilines is 1. The standard InChI is InChI=1S/C24H20F2N6/c1-13-6-14(8-15(25)7-13)9-31-10-19-20(30-31)5-4-17(22(19)26)18-11-32(16-2-3-16)24-21(18)23(27)28-12-29-24/h4-8,10-12,16H,2-3,9H2,1H3,(H2,27,28,29). The molecule has 0 radical (unpaired) electrons. The molecule has 0 saturated heterocycles. The van der Waals surface area contributed by atoms with Crippen LogP contribution in [0.15, 0.2) is 49.1 Å². The van der Waals surface area contributed by atoms with E-state index in [1.54, 1.807) is 23.0 Å². The molecule has 160 valence electrons. The number of aryl methyl sites for hydroxylation is 1. The van der Waals surface area contributed by atoms with Gasteiger partial charge in [0.1, 0.15) is 29.4 Å². The van der Waals surface area contributed by atoms with E-state index in [1.165, 1.54) is 18.5 Å². The van der Waals surface area contributed by atoms with Gasteiger partial charge in [-0.25, -0.2) is 18.7 Å². The molecule has 1 saturated carbocycles. The molecule has 32 heavy (non-hydrogen) atoms. The van der Waals surface area contributed by atoms with E-state index in [0.717, 1.165) is 29.6 Å². The summed E-state index contributed by atoms with van der Waals surface area (Å²) < 4.78 is 33.2. The van der Waals surface area contributed by atoms with Crippen molar-refractivity contribution in [1.82, 2.24) is 24.3 Å². The first-order valence-corrected chi connectivity index (χ1v) is 10.5. The van der Waals surface area contributed by atoms with Gasteiger partial charge in [-0.15, -0.1) is 0 Å². The summed E-state index contributed by atoms with van der Waals surface area (Å²) in [5, 5.41) is 5.55. The summed E-state index contributed by atoms with van der Waals surface area (Å²) in [6.07, 6.45) is 7.17. The Hall–Kier alpha value is -3.81. The van der Waals surface area contributed by atoms with Crippen molar-refractivity contribution in [1.29, 1.82) is 0 Å². The third-order valence-electron chi connectivity index (χ3n) is 5.99. The SMILES string of the molecule is Cc1cc(F)cc(Cn2cc3c(F)c(-c4cn(C5CC5)c5ncnc(N)c45)ccc3n2)c1. The van der Waals surface area contributed by atoms with Crippen molar-refractivity contribution in [3.8, 4) is 11.1 Å². The summed E-state index contributed by atoms with van der Waals surface area (Å²) in [4.78, 5) is 8.54. The van der Waals surface area contributed by atoms with Crippen LogP contribution in [0.25, 0.3) is 33.1 Å². The number of hydrogen-bond donors (Lipinski definition) is 1. The first kappa shape index (κ1) is 18.9. The van der Waals surface area contributed by atoms with Gasteiger partial charge in [-0.2, -0.15) is 5.10 Å². The van der Waals surface area contributed by atoms with E-state index >= 15 is 4.39 Å². The lowest BCUT2D eigenvalue weighted by Gasteiger charge is -2.04. The highest BCUT2D eigenvalue weighted by Gasteiger charge is 2.28. The molecule has 1 aliphatic carbocycles. The molecule has 2 N–H and O–H groups in total. The molecule has 0 aliphatic heterocycles. The minimum Gasteiger partial charge on any atom is -0.383 e. The second-order valence-corrected chi connectivity index (χ2v) is 8.46. The van der Waals surface area contributed by atoms with Crippen LogP contribution in [0.1, 0.15) is 30.0 Å². The van der Waals surface area contributed by atoms with Gasteiger partial charge in [0, 0.05) is 29.6 Å². The Kier molecular flexibility index (Phi) is 4.05. The first-order valence-electron chi connectivity index (χ1n) is 10.5. The topological polar surface area (TPSA) is 74.5 Å². The molecule has 6 rings (SSSR count). The van der Waals surface area contributed by atoms with Crippen LogP contribution in [-0.2, 0) is 6.54 Å². The number of hydrogen-bond acceptors (Lipinski definition) is 4. The van der Waals surface area contributed by atoms with Crippen molar-refractivity contribution >= 4 is 27.8 Å². The molecular weight excluding hydrogens is 410 g/mol. The highest BCUT2D eigenvalue weighted by molar-refractivity contribution is 6.02. The van der Waals surface area contributed by atoms with Gasteiger partial charge in [0.25, 0.3) is 0 Å². The lowest BCUT2D eigenvalue weighted by molar-refractivity contribution is 0.618. The highest BCUT2D eigenvalue weighted by atomic mass is 19.1. The Bertz CT molecular complexity index is 1490. The van der Waals surface area contributed by atoms with Crippen molar-refractivity contribution in [2.45, 2.75) is 32.4 Å². The number of benzene rings is 2. The summed E-state index contributed by atoms with van der Waals surface area (Å²) in [7, 11) is 0. The van der Waals surface area contributed by atoms with E-state index in [9.17, 15) is 4.39 Å². The quantitative estimate of drug-likeness (QED) is 0.435. The highest BCUT2D eigenvalue weighted by Crippen LogP contribution is 2.43. The first-order chi connectivity index (χ1) is 15.5. The van der Waals surface area contributed by atoms with E-state index < -0.39 is 0 Å². The number of aromatic nitrogens is 5. The van der Waals surface area contributed by atoms with Gasteiger partial charge >= 0.3 is 0 Å². The number of nitrogens with zero attached hydrogens (tertiary/aromatic N) is 5. The van der Waals surface area contributed by atoms with Gasteiger partial charge in [0.05, 0.1) is 22.8 Å². The summed E-state index contributed by atoms with van der Waals surface area (Å²) in [6, 6.07) is 8.72. The molecule has 0 bridgehead atoms. The minimum atomic E-state index is -0.373. The normalized spacial score (nSPS) is 14.0. The number of nitrogen functional groups attached to an aromatic ring is 1. The van der Waals surface area contributed by atoms with Crippen LogP contribution in [0.5, 0.6) is 0 Å². The minimum absolute atomic E-state index is 0.294. The van der Waals surface area contributed by atoms with Crippen molar-refractivity contribution in [3.63, 3.8) is 0 Å². The number of nitrogens with two attached hydrogens (primary N) is 1. The predicted molar refractivity (Wildman–Crippen MR) is 119 cm³/mol. The molecule has 5 aromatic rings. The molecule has 1 aliphatic rings. The predicted octanol–water partition coefficient (Wildman–Crippen LogP) is 5.00. The van der Waals surface area contributed by atoms with Gasteiger partial charge in [-0.3, -0.25) is 4.68 Å². The fourth-order valence-electron chi connectivity index (χ4n) is 4.43. The molecule has 2 aromatic carbocycles. The Morgan fingerprint density at radius 3 is 2.69 bits per heavy atom. The van der Waals surface area contributed by atoms with Crippen LogP contribution in [0.3, 0.4) is 0 Å². The van der Waals surface area contributed by atoms with Gasteiger partial charge in [-0.05, 0) is 55.2 Å². The second kappa shape index (κ2) is 6.85. The molecule has 8 heteroatoms. The zero-order chi connectivity index (χ0) is 22.0. The second-order valence-electron chi connectivity index (χ2n) is 8.46. The van der Waals surface area contributed by atoms with Crippen LogP contribution in [0.4, 0.5) is 14.6 Å². The maximum Gasteiger partial charge on any atom is 0.146 e. The Morgan fingerprint density at radius 1 is 1.06 bits per heavy atom. The smallest absolute Gasteiger partial charge is 0.146 e. The van der Waals surface area contributed by atoms with Crippen LogP contribution < -0.4 is 5.73 Å². The molecule has 3 aromatic heterocycles. The van der Waals surface area contributed by atoms with Gasteiger partial charge in [-0.1, -0.05) is 6.07 Å². The van der Waals surface area contributed by atoms with E-state index in [-0.39, 0.29) is 11.6 Å². The maximum absolute atomic E-state index is 15.7. The fourth-order valence-corrected chi connectivity index (χ4v) is 4.43. The average Bonchev–Trinajstić information content (AvgIpc) is 3.38. The largest absolute Gasteiger partial charge is 0.383 e. The lowest BCUT2D eigenvalue weighted by atomic mass is 10.0. The average molecular weight is 430 g/mol. The summed E-state index contributed by atoms with van der Waals surface area (Å²) >= 11 is 0. The van der Waals surface area contributed by atoms with Crippen molar-refractivity contribution in [3.05, 3.63) is 71.8 Å². The fraction of sp³-hybridized carbons (Fsp3) is 0.208. The van der Waals surface area contributed by atoms with E-state index in [2.05, 4.69) is 19.6 Å². The lowest BCUT2D eigenvalue weighted by Crippen LogP contribution is -2.00. The van der Waals surface area contributed by atoms with E-state index in [4.69, 9.17) is 5.73 Å². The maximum atomic E-state index is 15.7. The zero-order valence-corrected chi connectivity index (χ0v) is 17.4. The van der Waals surface area contributed by atoms with Crippen LogP contribution in [0, 0.1) is 18.6 Å². The zero-order valence-electron chi connectivity index (χ0n) is 17.4. The van der Waals surface area contributed by atoms with Crippen molar-refractivity contribution in [2.24, 2.45) is 0 Å². The van der Waals surface area contributed by atoms with Crippen molar-refractivity contribution in [2.75, 3.05) is 5.73 Å². The van der Waals surface area contributed by atoms with Gasteiger partial charge in [0.2, 0.25) is 0 Å². The molecule has 3 heterocycles. The van der Waals surface area contributed by atoms with E-state index in [1.807, 2.05) is 19.2 Å². The monoisotopic (exact) mass is 430 g/mol. The molecular formula is C24H20F2N6. The van der Waals surface area contributed by atoms with E-state index in [0.29, 0.717) is 45.8 Å². The van der Waals surface area contributed by atoms with Crippen LogP contribution in [0.2, 0.25) is 0 Å². The Balaban J connectivity index is 1.47. The van der Waals surface area contributed by atoms with Gasteiger partial charge < -0.3 is 10.3 Å². The van der Waals surface area contributed by atoms with Crippen LogP contribution >= 0.6 is 0 Å². The molecule has 0 amide bonds. The molecule has 0 spiro atoms. The molecule has 6 nitrogen and oxygen atoms in total. The van der Waals surface area contributed by atoms with Gasteiger partial charge in [0.15, 0.2) is 0 Å². The number of fused-ring (bicyclic) bond motifs is 2. The third-order valence-corrected chi connectivity index (χ3v) is 5.99. The van der Waals surface area contributed by atoms with Crippen molar-refractivity contribution < 1.29 is 8.78 Å².